The quantitative estimate of drug-likeness (QED) is 0.176. The molecule has 0 amide bonds. The lowest BCUT2D eigenvalue weighted by atomic mass is 10.1. The van der Waals surface area contributed by atoms with Gasteiger partial charge in [-0.05, 0) is 12.5 Å². The van der Waals surface area contributed by atoms with E-state index in [0.717, 1.165) is 4.57 Å². The van der Waals surface area contributed by atoms with Crippen LogP contribution in [0.3, 0.4) is 0 Å². The van der Waals surface area contributed by atoms with E-state index in [1.807, 2.05) is 0 Å². The second kappa shape index (κ2) is 11.8. The third-order valence-electron chi connectivity index (χ3n) is 4.04. The van der Waals surface area contributed by atoms with Crippen molar-refractivity contribution in [3.63, 3.8) is 0 Å². The number of aliphatic hydroxyl groups excluding tert-OH is 1. The molecule has 196 valence electrons. The van der Waals surface area contributed by atoms with Gasteiger partial charge < -0.3 is 53.7 Å². The average molecular weight is 551 g/mol. The molecule has 2 rings (SSSR count). The minimum Gasteiger partial charge on any atom is -0.790 e. The van der Waals surface area contributed by atoms with E-state index in [1.165, 1.54) is 19.4 Å². The number of ether oxygens (including phenoxy) is 3. The molecular weight excluding hydrogens is 531 g/mol. The van der Waals surface area contributed by atoms with Crippen molar-refractivity contribution in [3.8, 4) is 0 Å². The zero-order valence-corrected chi connectivity index (χ0v) is 20.0. The summed E-state index contributed by atoms with van der Waals surface area (Å²) in [7, 11) is -16.7. The molecule has 1 fully saturated rings. The van der Waals surface area contributed by atoms with Crippen molar-refractivity contribution >= 4 is 29.3 Å². The maximum absolute atomic E-state index is 12.2. The fraction of sp³-hybridized carbons (Fsp3) is 0.692. The Kier molecular flexibility index (Phi) is 10.1. The van der Waals surface area contributed by atoms with Crippen LogP contribution < -0.4 is 31.0 Å². The minimum atomic E-state index is -6.16. The Morgan fingerprint density at radius 3 is 2.44 bits per heavy atom. The number of aliphatic hydroxyl groups is 1. The van der Waals surface area contributed by atoms with Crippen molar-refractivity contribution in [1.29, 1.82) is 0 Å². The maximum atomic E-state index is 12.2. The zero-order valence-electron chi connectivity index (χ0n) is 17.3. The van der Waals surface area contributed by atoms with Gasteiger partial charge in [-0.25, -0.2) is 9.11 Å². The van der Waals surface area contributed by atoms with E-state index in [1.54, 1.807) is 0 Å². The molecule has 1 aliphatic heterocycles. The number of nitrogens with two attached hydrogens (primary N) is 1. The smallest absolute Gasteiger partial charge is 0.351 e. The van der Waals surface area contributed by atoms with Gasteiger partial charge in [-0.1, -0.05) is 0 Å². The van der Waals surface area contributed by atoms with Gasteiger partial charge in [-0.3, -0.25) is 18.0 Å². The lowest BCUT2D eigenvalue weighted by Crippen LogP contribution is -2.38. The van der Waals surface area contributed by atoms with Gasteiger partial charge in [0.15, 0.2) is 6.23 Å². The third-order valence-corrected chi connectivity index (χ3v) is 7.70. The van der Waals surface area contributed by atoms with E-state index in [4.69, 9.17) is 19.9 Å². The number of hydrogen-bond donors (Lipinski definition) is 2. The summed E-state index contributed by atoms with van der Waals surface area (Å²) in [5.41, 5.74) is 4.56. The van der Waals surface area contributed by atoms with Crippen molar-refractivity contribution in [3.05, 3.63) is 22.7 Å². The lowest BCUT2D eigenvalue weighted by molar-refractivity contribution is -0.339. The molecule has 3 N–H and O–H groups in total. The summed E-state index contributed by atoms with van der Waals surface area (Å²) in [6.07, 6.45) is -4.15. The molecule has 0 bridgehead atoms. The van der Waals surface area contributed by atoms with E-state index in [9.17, 15) is 43.2 Å². The van der Waals surface area contributed by atoms with Crippen molar-refractivity contribution in [2.45, 2.75) is 31.0 Å². The number of anilines is 1. The Hall–Kier alpha value is -1.07. The van der Waals surface area contributed by atoms with Gasteiger partial charge in [0.25, 0.3) is 15.6 Å². The molecule has 6 atom stereocenters. The fourth-order valence-electron chi connectivity index (χ4n) is 2.75. The number of phosphoric acid groups is 3. The number of methoxy groups -OCH3 is 1. The first-order valence-corrected chi connectivity index (χ1v) is 13.5. The molecule has 18 nitrogen and oxygen atoms in total. The second-order valence-corrected chi connectivity index (χ2v) is 10.8. The number of rotatable bonds is 13. The van der Waals surface area contributed by atoms with Gasteiger partial charge in [0.2, 0.25) is 0 Å². The molecule has 0 saturated carbocycles. The Bertz CT molecular complexity index is 1030. The van der Waals surface area contributed by atoms with Crippen molar-refractivity contribution < 1.29 is 65.7 Å². The fourth-order valence-corrected chi connectivity index (χ4v) is 5.62. The topological polar surface area (TPSA) is 280 Å². The maximum Gasteiger partial charge on any atom is 0.351 e. The van der Waals surface area contributed by atoms with Crippen LogP contribution in [0.1, 0.15) is 12.6 Å². The average Bonchev–Trinajstić information content (AvgIpc) is 2.96. The van der Waals surface area contributed by atoms with E-state index < -0.39 is 60.3 Å². The molecular formula is C13H20N3O15P3-4. The predicted octanol–water partition coefficient (Wildman–Crippen LogP) is -3.68. The molecule has 1 aromatic heterocycles. The Morgan fingerprint density at radius 2 is 1.85 bits per heavy atom. The van der Waals surface area contributed by atoms with E-state index in [-0.39, 0.29) is 12.4 Å². The minimum absolute atomic E-state index is 0.0322. The van der Waals surface area contributed by atoms with Crippen molar-refractivity contribution in [2.75, 3.05) is 32.7 Å². The zero-order chi connectivity index (χ0) is 25.7. The molecule has 1 aliphatic rings. The number of phosphoric ester groups is 1. The molecule has 21 heteroatoms. The van der Waals surface area contributed by atoms with Crippen LogP contribution in [0.5, 0.6) is 0 Å². The normalized spacial score (nSPS) is 26.8. The van der Waals surface area contributed by atoms with E-state index >= 15 is 0 Å². The van der Waals surface area contributed by atoms with Crippen LogP contribution >= 0.6 is 23.5 Å². The highest BCUT2D eigenvalue weighted by atomic mass is 31.3. The van der Waals surface area contributed by atoms with Crippen LogP contribution in [0, 0.1) is 0 Å². The van der Waals surface area contributed by atoms with Gasteiger partial charge in [-0.2, -0.15) is 4.98 Å². The number of nitrogen functional groups attached to an aromatic ring is 1. The Labute approximate surface area is 191 Å². The summed E-state index contributed by atoms with van der Waals surface area (Å²) in [5, 5.41) is 10.5. The van der Waals surface area contributed by atoms with Gasteiger partial charge in [0.1, 0.15) is 24.1 Å². The number of nitrogens with zero attached hydrogens (tertiary/aromatic N) is 2. The Balaban J connectivity index is 2.14. The standard InChI is InChI=1S/C13H24N3O15P3/c1-26-5-2-6-27-11-10(17)8(29-12(11)16-4-3-9(14)15-13(16)18)7-28-33(22,23)31-34(24,25)30-32(19,20)21/h3-4,8,10-12,17H,2,5-7H2,1H3,(H,22,23)(H,24,25)(H2,14,15,18)(H2,19,20,21)/p-4/t8-,10+,11?,12-/m1/s1. The van der Waals surface area contributed by atoms with Crippen LogP contribution in [-0.2, 0) is 41.1 Å². The van der Waals surface area contributed by atoms with Crippen LogP contribution in [0.4, 0.5) is 5.82 Å². The third kappa shape index (κ3) is 8.86. The summed E-state index contributed by atoms with van der Waals surface area (Å²) in [6.45, 7) is -0.734. The summed E-state index contributed by atoms with van der Waals surface area (Å²) in [6, 6.07) is 1.25. The first-order chi connectivity index (χ1) is 15.6. The summed E-state index contributed by atoms with van der Waals surface area (Å²) < 4.78 is 61.0. The van der Waals surface area contributed by atoms with Crippen molar-refractivity contribution in [2.24, 2.45) is 0 Å². The Morgan fingerprint density at radius 1 is 1.18 bits per heavy atom. The second-order valence-electron chi connectivity index (χ2n) is 6.58. The molecule has 3 unspecified atom stereocenters. The largest absolute Gasteiger partial charge is 0.790 e. The molecule has 0 spiro atoms. The van der Waals surface area contributed by atoms with Gasteiger partial charge in [0, 0.05) is 26.5 Å². The molecule has 0 aromatic carbocycles. The van der Waals surface area contributed by atoms with Crippen LogP contribution in [-0.4, -0.2) is 59.9 Å². The molecule has 34 heavy (non-hydrogen) atoms. The van der Waals surface area contributed by atoms with Crippen molar-refractivity contribution in [1.82, 2.24) is 9.55 Å². The summed E-state index contributed by atoms with van der Waals surface area (Å²) >= 11 is 0. The van der Waals surface area contributed by atoms with E-state index in [0.29, 0.717) is 13.0 Å². The number of aromatic nitrogens is 2. The van der Waals surface area contributed by atoms with E-state index in [2.05, 4.69) is 18.1 Å². The van der Waals surface area contributed by atoms with Gasteiger partial charge in [-0.15, -0.1) is 0 Å². The highest BCUT2D eigenvalue weighted by Crippen LogP contribution is 2.60. The monoisotopic (exact) mass is 551 g/mol. The summed E-state index contributed by atoms with van der Waals surface area (Å²) in [5.74, 6) is -0.105. The highest BCUT2D eigenvalue weighted by molar-refractivity contribution is 7.64. The molecule has 1 saturated heterocycles. The highest BCUT2D eigenvalue weighted by Gasteiger charge is 2.46. The first-order valence-electron chi connectivity index (χ1n) is 9.14. The first kappa shape index (κ1) is 29.2. The van der Waals surface area contributed by atoms with Crippen LogP contribution in [0.25, 0.3) is 0 Å². The number of hydrogen-bond acceptors (Lipinski definition) is 17. The van der Waals surface area contributed by atoms with Crippen LogP contribution in [0.2, 0.25) is 0 Å². The van der Waals surface area contributed by atoms with Gasteiger partial charge in [0.05, 0.1) is 14.4 Å². The van der Waals surface area contributed by atoms with Gasteiger partial charge >= 0.3 is 5.69 Å². The molecule has 2 heterocycles. The predicted molar refractivity (Wildman–Crippen MR) is 100 cm³/mol. The molecule has 1 aromatic rings. The lowest BCUT2D eigenvalue weighted by Gasteiger charge is -2.37. The SMILES string of the molecule is COCCCOC1[C@@H](O)[C@@H](COP(=O)([O-])OP(=O)([O-])OP(=O)([O-])[O-])O[C@H]1n1ccc(N)nc1=O. The molecule has 0 radical (unpaired) electrons. The van der Waals surface area contributed by atoms with Crippen LogP contribution in [0.15, 0.2) is 17.1 Å². The summed E-state index contributed by atoms with van der Waals surface area (Å²) in [4.78, 5) is 59.4. The molecule has 0 aliphatic carbocycles.